The van der Waals surface area contributed by atoms with Crippen LogP contribution in [0.25, 0.3) is 0 Å². The highest BCUT2D eigenvalue weighted by Crippen LogP contribution is 2.11. The van der Waals surface area contributed by atoms with Crippen molar-refractivity contribution in [1.29, 1.82) is 5.26 Å². The lowest BCUT2D eigenvalue weighted by atomic mass is 10.1. The molecule has 0 amide bonds. The minimum absolute atomic E-state index is 0.448. The Morgan fingerprint density at radius 3 is 2.33 bits per heavy atom. The summed E-state index contributed by atoms with van der Waals surface area (Å²) in [5, 5.41) is 9.08. The third-order valence-electron chi connectivity index (χ3n) is 2.77. The van der Waals surface area contributed by atoms with Gasteiger partial charge in [-0.15, -0.1) is 0 Å². The number of rotatable bonds is 3. The number of nitrogens with zero attached hydrogens (tertiary/aromatic N) is 3. The van der Waals surface area contributed by atoms with Crippen LogP contribution in [0.15, 0.2) is 11.8 Å². The molecule has 0 aliphatic carbocycles. The third kappa shape index (κ3) is 3.56. The highest BCUT2D eigenvalue weighted by molar-refractivity contribution is 5.20. The molecule has 0 aromatic heterocycles. The summed E-state index contributed by atoms with van der Waals surface area (Å²) in [4.78, 5) is 4.62. The molecule has 1 aliphatic heterocycles. The summed E-state index contributed by atoms with van der Waals surface area (Å²) in [6.07, 6.45) is 2.06. The van der Waals surface area contributed by atoms with Gasteiger partial charge in [-0.25, -0.2) is 0 Å². The summed E-state index contributed by atoms with van der Waals surface area (Å²) in [5.74, 6) is 0.448. The molecule has 3 heteroatoms. The van der Waals surface area contributed by atoms with Gasteiger partial charge in [0.15, 0.2) is 0 Å². The van der Waals surface area contributed by atoms with E-state index in [1.165, 1.54) is 0 Å². The molecule has 0 N–H and O–H groups in total. The monoisotopic (exact) mass is 207 g/mol. The fourth-order valence-corrected chi connectivity index (χ4v) is 1.83. The summed E-state index contributed by atoms with van der Waals surface area (Å²) >= 11 is 0. The molecule has 3 nitrogen and oxygen atoms in total. The highest BCUT2D eigenvalue weighted by atomic mass is 15.3. The van der Waals surface area contributed by atoms with E-state index in [0.717, 1.165) is 38.4 Å². The molecule has 1 saturated heterocycles. The Kier molecular flexibility index (Phi) is 4.64. The Bertz CT molecular complexity index is 255. The molecule has 0 bridgehead atoms. The largest absolute Gasteiger partial charge is 0.361 e. The van der Waals surface area contributed by atoms with Crippen LogP contribution >= 0.6 is 0 Å². The lowest BCUT2D eigenvalue weighted by Crippen LogP contribution is -2.45. The quantitative estimate of drug-likeness (QED) is 0.660. The van der Waals surface area contributed by atoms with Crippen molar-refractivity contribution in [2.24, 2.45) is 5.92 Å². The molecule has 15 heavy (non-hydrogen) atoms. The number of hydrogen-bond donors (Lipinski definition) is 0. The second-order valence-corrected chi connectivity index (χ2v) is 4.33. The molecule has 0 radical (unpaired) electrons. The predicted molar refractivity (Wildman–Crippen MR) is 62.2 cm³/mol. The normalized spacial score (nSPS) is 19.4. The zero-order valence-electron chi connectivity index (χ0n) is 10.0. The average Bonchev–Trinajstić information content (AvgIpc) is 2.26. The van der Waals surface area contributed by atoms with Gasteiger partial charge >= 0.3 is 0 Å². The van der Waals surface area contributed by atoms with Gasteiger partial charge in [-0.1, -0.05) is 20.8 Å². The van der Waals surface area contributed by atoms with Crippen molar-refractivity contribution >= 4 is 0 Å². The smallest absolute Gasteiger partial charge is 0.117 e. The molecule has 1 aliphatic rings. The first kappa shape index (κ1) is 12.1. The van der Waals surface area contributed by atoms with Crippen LogP contribution in [0.3, 0.4) is 0 Å². The molecule has 0 saturated carbocycles. The number of likely N-dealkylation sites (N-methyl/N-ethyl adjacent to an activating group) is 1. The molecular weight excluding hydrogens is 186 g/mol. The van der Waals surface area contributed by atoms with Crippen LogP contribution in [0.5, 0.6) is 0 Å². The minimum atomic E-state index is 0.448. The lowest BCUT2D eigenvalue weighted by molar-refractivity contribution is 0.168. The summed E-state index contributed by atoms with van der Waals surface area (Å²) in [6, 6.07) is 2.30. The lowest BCUT2D eigenvalue weighted by Gasteiger charge is -2.35. The Morgan fingerprint density at radius 2 is 1.93 bits per heavy atom. The SMILES string of the molecule is CCN1CCN(/C(C#N)=C\C(C)C)CC1. The highest BCUT2D eigenvalue weighted by Gasteiger charge is 2.17. The van der Waals surface area contributed by atoms with Crippen molar-refractivity contribution < 1.29 is 0 Å². The number of hydrogen-bond acceptors (Lipinski definition) is 3. The van der Waals surface area contributed by atoms with Gasteiger partial charge in [-0.3, -0.25) is 0 Å². The molecule has 0 atom stereocenters. The van der Waals surface area contributed by atoms with Gasteiger partial charge in [0.1, 0.15) is 11.8 Å². The topological polar surface area (TPSA) is 30.3 Å². The molecular formula is C12H21N3. The molecule has 0 aromatic rings. The van der Waals surface area contributed by atoms with Crippen molar-refractivity contribution in [2.75, 3.05) is 32.7 Å². The van der Waals surface area contributed by atoms with Crippen LogP contribution in [0.4, 0.5) is 0 Å². The molecule has 1 heterocycles. The Labute approximate surface area is 93.0 Å². The Hall–Kier alpha value is -1.01. The third-order valence-corrected chi connectivity index (χ3v) is 2.77. The Morgan fingerprint density at radius 1 is 1.33 bits per heavy atom. The maximum Gasteiger partial charge on any atom is 0.117 e. The van der Waals surface area contributed by atoms with E-state index in [1.54, 1.807) is 0 Å². The van der Waals surface area contributed by atoms with Gasteiger partial charge in [0, 0.05) is 26.2 Å². The minimum Gasteiger partial charge on any atom is -0.361 e. The van der Waals surface area contributed by atoms with Crippen molar-refractivity contribution in [3.63, 3.8) is 0 Å². The van der Waals surface area contributed by atoms with E-state index in [-0.39, 0.29) is 0 Å². The second-order valence-electron chi connectivity index (χ2n) is 4.33. The Balaban J connectivity index is 2.55. The van der Waals surface area contributed by atoms with Gasteiger partial charge in [0.05, 0.1) is 0 Å². The molecule has 1 fully saturated rings. The molecule has 84 valence electrons. The van der Waals surface area contributed by atoms with E-state index in [1.807, 2.05) is 0 Å². The molecule has 0 unspecified atom stereocenters. The average molecular weight is 207 g/mol. The second kappa shape index (κ2) is 5.77. The summed E-state index contributed by atoms with van der Waals surface area (Å²) < 4.78 is 0. The van der Waals surface area contributed by atoms with Crippen LogP contribution in [0.1, 0.15) is 20.8 Å². The van der Waals surface area contributed by atoms with E-state index < -0.39 is 0 Å². The van der Waals surface area contributed by atoms with Gasteiger partial charge in [0.25, 0.3) is 0 Å². The number of allylic oxidation sites excluding steroid dienone is 2. The zero-order valence-corrected chi connectivity index (χ0v) is 10.0. The maximum atomic E-state index is 9.08. The van der Waals surface area contributed by atoms with Gasteiger partial charge in [-0.05, 0) is 18.5 Å². The van der Waals surface area contributed by atoms with Gasteiger partial charge < -0.3 is 9.80 Å². The summed E-state index contributed by atoms with van der Waals surface area (Å²) in [6.45, 7) is 11.6. The first-order valence-corrected chi connectivity index (χ1v) is 5.76. The van der Waals surface area contributed by atoms with Crippen molar-refractivity contribution in [2.45, 2.75) is 20.8 Å². The van der Waals surface area contributed by atoms with Crippen LogP contribution in [0.2, 0.25) is 0 Å². The van der Waals surface area contributed by atoms with Crippen molar-refractivity contribution in [3.05, 3.63) is 11.8 Å². The first-order chi connectivity index (χ1) is 7.17. The van der Waals surface area contributed by atoms with E-state index in [9.17, 15) is 0 Å². The molecule has 0 aromatic carbocycles. The molecule has 1 rings (SSSR count). The van der Waals surface area contributed by atoms with Crippen LogP contribution in [-0.4, -0.2) is 42.5 Å². The van der Waals surface area contributed by atoms with Crippen LogP contribution in [-0.2, 0) is 0 Å². The fraction of sp³-hybridized carbons (Fsp3) is 0.750. The summed E-state index contributed by atoms with van der Waals surface area (Å²) in [7, 11) is 0. The van der Waals surface area contributed by atoms with E-state index in [4.69, 9.17) is 5.26 Å². The molecule has 0 spiro atoms. The zero-order chi connectivity index (χ0) is 11.3. The van der Waals surface area contributed by atoms with Gasteiger partial charge in [0.2, 0.25) is 0 Å². The number of nitriles is 1. The van der Waals surface area contributed by atoms with Crippen molar-refractivity contribution in [1.82, 2.24) is 9.80 Å². The van der Waals surface area contributed by atoms with Gasteiger partial charge in [-0.2, -0.15) is 5.26 Å². The maximum absolute atomic E-state index is 9.08. The predicted octanol–water partition coefficient (Wildman–Crippen LogP) is 1.69. The van der Waals surface area contributed by atoms with Crippen molar-refractivity contribution in [3.8, 4) is 6.07 Å². The van der Waals surface area contributed by atoms with E-state index in [2.05, 4.69) is 42.7 Å². The first-order valence-electron chi connectivity index (χ1n) is 5.76. The van der Waals surface area contributed by atoms with E-state index >= 15 is 0 Å². The summed E-state index contributed by atoms with van der Waals surface area (Å²) in [5.41, 5.74) is 0.848. The van der Waals surface area contributed by atoms with E-state index in [0.29, 0.717) is 5.92 Å². The van der Waals surface area contributed by atoms with Crippen LogP contribution < -0.4 is 0 Å². The fourth-order valence-electron chi connectivity index (χ4n) is 1.83. The number of piperazine rings is 1. The standard InChI is InChI=1S/C12H21N3/c1-4-14-5-7-15(8-6-14)12(10-13)9-11(2)3/h9,11H,4-8H2,1-3H3/b12-9-. The van der Waals surface area contributed by atoms with Crippen LogP contribution in [0, 0.1) is 17.2 Å².